The molecule has 0 spiro atoms. The number of hydrogen-bond donors (Lipinski definition) is 0. The fourth-order valence-electron chi connectivity index (χ4n) is 8.02. The van der Waals surface area contributed by atoms with E-state index in [1.165, 1.54) is 60.8 Å². The van der Waals surface area contributed by atoms with Crippen molar-refractivity contribution in [3.63, 3.8) is 0 Å². The van der Waals surface area contributed by atoms with E-state index in [0.717, 1.165) is 11.4 Å². The molecule has 2 aliphatic carbocycles. The van der Waals surface area contributed by atoms with Crippen LogP contribution in [-0.4, -0.2) is 16.8 Å². The molecule has 2 aromatic heterocycles. The molecule has 2 aliphatic rings. The molecule has 6 rings (SSSR count). The molecule has 44 heavy (non-hydrogen) atoms. The van der Waals surface area contributed by atoms with Crippen molar-refractivity contribution in [3.05, 3.63) is 119 Å². The van der Waals surface area contributed by atoms with Crippen LogP contribution in [0.2, 0.25) is 9.26 Å². The van der Waals surface area contributed by atoms with Crippen LogP contribution in [0, 0.1) is 0 Å². The molecule has 0 saturated heterocycles. The summed E-state index contributed by atoms with van der Waals surface area (Å²) in [5.74, 6) is 0. The van der Waals surface area contributed by atoms with Gasteiger partial charge in [0, 0.05) is 0 Å². The van der Waals surface area contributed by atoms with Crippen LogP contribution in [0.4, 0.5) is 0 Å². The molecule has 0 bridgehead atoms. The van der Waals surface area contributed by atoms with Crippen LogP contribution >= 0.6 is 24.8 Å². The molecular weight excluding hydrogens is 675 g/mol. The van der Waals surface area contributed by atoms with Crippen molar-refractivity contribution in [1.29, 1.82) is 0 Å². The first kappa shape index (κ1) is 34.8. The monoisotopic (exact) mass is 718 g/mol. The van der Waals surface area contributed by atoms with Crippen LogP contribution in [0.15, 0.2) is 96.3 Å². The Kier molecular flexibility index (Phi) is 11.2. The summed E-state index contributed by atoms with van der Waals surface area (Å²) in [6.07, 6.45) is 16.3. The minimum atomic E-state index is -3.69. The van der Waals surface area contributed by atoms with Crippen molar-refractivity contribution in [3.8, 4) is 22.5 Å². The van der Waals surface area contributed by atoms with Gasteiger partial charge in [-0.25, -0.2) is 0 Å². The van der Waals surface area contributed by atoms with Crippen molar-refractivity contribution >= 4 is 43.8 Å². The van der Waals surface area contributed by atoms with Gasteiger partial charge < -0.3 is 0 Å². The maximum absolute atomic E-state index is 4.78. The van der Waals surface area contributed by atoms with Gasteiger partial charge in [-0.2, -0.15) is 0 Å². The van der Waals surface area contributed by atoms with Gasteiger partial charge in [-0.3, -0.25) is 0 Å². The molecule has 0 aliphatic heterocycles. The van der Waals surface area contributed by atoms with E-state index >= 15 is 0 Å². The van der Waals surface area contributed by atoms with Gasteiger partial charge in [0.05, 0.1) is 0 Å². The number of nitrogens with zero attached hydrogens (tertiary/aromatic N) is 2. The zero-order chi connectivity index (χ0) is 29.3. The van der Waals surface area contributed by atoms with Crippen molar-refractivity contribution < 1.29 is 17.4 Å². The van der Waals surface area contributed by atoms with E-state index in [1.54, 1.807) is 22.3 Å². The summed E-state index contributed by atoms with van der Waals surface area (Å²) in [7, 11) is 0. The molecule has 4 aromatic rings. The first-order valence-corrected chi connectivity index (χ1v) is 29.6. The second-order valence-electron chi connectivity index (χ2n) is 13.5. The molecule has 2 aromatic carbocycles. The van der Waals surface area contributed by atoms with Crippen LogP contribution in [0.3, 0.4) is 0 Å². The maximum Gasteiger partial charge on any atom is -0.147 e. The van der Waals surface area contributed by atoms with Gasteiger partial charge in [0.2, 0.25) is 0 Å². The van der Waals surface area contributed by atoms with Crippen LogP contribution in [0.1, 0.15) is 81.9 Å². The second kappa shape index (κ2) is 14.1. The third-order valence-electron chi connectivity index (χ3n) is 9.72. The number of unbranched alkanes of at least 4 members (excludes halogenated alkanes) is 2. The Morgan fingerprint density at radius 2 is 1.05 bits per heavy atom. The van der Waals surface area contributed by atoms with Crippen molar-refractivity contribution in [2.24, 2.45) is 0 Å². The Hall–Kier alpha value is -2.10. The average Bonchev–Trinajstić information content (AvgIpc) is 3.59. The first-order valence-electron chi connectivity index (χ1n) is 15.9. The third-order valence-corrected chi connectivity index (χ3v) is 27.2. The molecule has 230 valence electrons. The summed E-state index contributed by atoms with van der Waals surface area (Å²) in [5, 5.41) is 0. The van der Waals surface area contributed by atoms with Gasteiger partial charge in [0.25, 0.3) is 0 Å². The van der Waals surface area contributed by atoms with Crippen LogP contribution in [0.5, 0.6) is 0 Å². The molecule has 0 saturated carbocycles. The van der Waals surface area contributed by atoms with Gasteiger partial charge in [0.15, 0.2) is 0 Å². The Bertz CT molecular complexity index is 1620. The number of hydrogen-bond acceptors (Lipinski definition) is 2. The number of pyridine rings is 2. The Balaban J connectivity index is 0.00000221. The fourth-order valence-corrected chi connectivity index (χ4v) is 27.9. The summed E-state index contributed by atoms with van der Waals surface area (Å²) >= 11 is -3.69. The Morgan fingerprint density at radius 3 is 1.41 bits per heavy atom. The summed E-state index contributed by atoms with van der Waals surface area (Å²) in [6, 6.07) is 26.6. The summed E-state index contributed by atoms with van der Waals surface area (Å²) in [4.78, 5) is 9.57. The van der Waals surface area contributed by atoms with Gasteiger partial charge >= 0.3 is 256 Å². The number of fused-ring (bicyclic) bond motifs is 2. The van der Waals surface area contributed by atoms with E-state index in [9.17, 15) is 0 Å². The van der Waals surface area contributed by atoms with E-state index in [1.807, 2.05) is 24.5 Å². The molecule has 2 unspecified atom stereocenters. The molecule has 2 atom stereocenters. The minimum Gasteiger partial charge on any atom is -0.147 e. The fraction of sp³-hybridized carbons (Fsp3) is 0.316. The molecule has 0 radical (unpaired) electrons. The number of allylic oxidation sites excluding steroid dienone is 2. The standard InChI is InChI=1S/2C18H18N.2CH3.2ClH.H2Si.Zr/c2*1-2-3-7-14-12-15-8-6-9-16(17(15)13-14)18-10-4-5-11-19-18;;;;;;/h2*4-6,8-13H,2-3,7H2,1H3;2*1H3;2*1H;1H2;. The quantitative estimate of drug-likeness (QED) is 0.152. The Morgan fingerprint density at radius 1 is 0.614 bits per heavy atom. The van der Waals surface area contributed by atoms with Crippen molar-refractivity contribution in [1.82, 2.24) is 9.97 Å². The topological polar surface area (TPSA) is 25.8 Å². The molecular formula is C38H46Cl2N2SiZr. The van der Waals surface area contributed by atoms with E-state index in [2.05, 4.69) is 103 Å². The zero-order valence-corrected chi connectivity index (χ0v) is 32.1. The van der Waals surface area contributed by atoms with E-state index in [4.69, 9.17) is 9.97 Å². The summed E-state index contributed by atoms with van der Waals surface area (Å²) in [5.41, 5.74) is 14.0. The zero-order valence-electron chi connectivity index (χ0n) is 26.6. The smallest absolute Gasteiger partial charge is 0.147 e. The number of aromatic nitrogens is 2. The van der Waals surface area contributed by atoms with Crippen LogP contribution in [-0.2, 0) is 17.4 Å². The normalized spacial score (nSPS) is 17.1. The largest absolute Gasteiger partial charge is 0.147 e. The van der Waals surface area contributed by atoms with E-state index in [0.29, 0.717) is 7.25 Å². The van der Waals surface area contributed by atoms with Crippen molar-refractivity contribution in [2.45, 2.75) is 68.9 Å². The second-order valence-corrected chi connectivity index (χ2v) is 44.0. The van der Waals surface area contributed by atoms with E-state index in [-0.39, 0.29) is 24.8 Å². The molecule has 6 heteroatoms. The van der Waals surface area contributed by atoms with Crippen molar-refractivity contribution in [2.75, 3.05) is 0 Å². The van der Waals surface area contributed by atoms with Crippen LogP contribution in [0.25, 0.3) is 34.7 Å². The summed E-state index contributed by atoms with van der Waals surface area (Å²) in [6.45, 7) is 7.12. The number of rotatable bonds is 10. The summed E-state index contributed by atoms with van der Waals surface area (Å²) < 4.78 is 6.60. The van der Waals surface area contributed by atoms with E-state index < -0.39 is 17.4 Å². The van der Waals surface area contributed by atoms with Gasteiger partial charge in [-0.1, -0.05) is 0 Å². The predicted octanol–water partition coefficient (Wildman–Crippen LogP) is 10.9. The average molecular weight is 721 g/mol. The number of benzene rings is 2. The third kappa shape index (κ3) is 6.30. The maximum atomic E-state index is 4.78. The molecule has 2 heterocycles. The predicted molar refractivity (Wildman–Crippen MR) is 195 cm³/mol. The first-order chi connectivity index (χ1) is 20.3. The van der Waals surface area contributed by atoms with Gasteiger partial charge in [0.1, 0.15) is 0 Å². The molecule has 0 fully saturated rings. The van der Waals surface area contributed by atoms with Crippen LogP contribution < -0.4 is 0 Å². The Labute approximate surface area is 279 Å². The molecule has 0 amide bonds. The SMILES string of the molecule is CCCCC1=Cc2c(-c3ccccn3)cccc2[CH]1[Zr]([CH3])([CH3])(=[SiH2])[CH]1C(CCCC)=Cc2c(-c3ccccn3)cccc21.Cl.Cl. The van der Waals surface area contributed by atoms with Gasteiger partial charge in [-0.15, -0.1) is 24.8 Å². The number of halogens is 2. The molecule has 0 N–H and O–H groups in total. The van der Waals surface area contributed by atoms with Gasteiger partial charge in [-0.05, 0) is 0 Å². The minimum absolute atomic E-state index is 0. The molecule has 2 nitrogen and oxygen atoms in total.